The highest BCUT2D eigenvalue weighted by Gasteiger charge is 2.04. The summed E-state index contributed by atoms with van der Waals surface area (Å²) >= 11 is 3.47. The van der Waals surface area contributed by atoms with Crippen LogP contribution in [0.25, 0.3) is 0 Å². The van der Waals surface area contributed by atoms with Crippen LogP contribution in [-0.4, -0.2) is 17.0 Å². The smallest absolute Gasteiger partial charge is 0.185 e. The van der Waals surface area contributed by atoms with Gasteiger partial charge in [0.1, 0.15) is 18.0 Å². The first-order valence-corrected chi connectivity index (χ1v) is 6.84. The minimum absolute atomic E-state index is 0.566. The van der Waals surface area contributed by atoms with Crippen molar-refractivity contribution in [1.29, 1.82) is 5.26 Å². The molecule has 6 heteroatoms. The zero-order chi connectivity index (χ0) is 14.5. The van der Waals surface area contributed by atoms with E-state index in [1.54, 1.807) is 13.1 Å². The summed E-state index contributed by atoms with van der Waals surface area (Å²) < 4.78 is 1.05. The highest BCUT2D eigenvalue weighted by Crippen LogP contribution is 2.18. The number of hydrogen-bond acceptors (Lipinski definition) is 5. The molecule has 0 saturated heterocycles. The molecule has 5 nitrogen and oxygen atoms in total. The number of benzene rings is 1. The lowest BCUT2D eigenvalue weighted by molar-refractivity contribution is 1.04. The molecule has 20 heavy (non-hydrogen) atoms. The van der Waals surface area contributed by atoms with Crippen LogP contribution in [0.4, 0.5) is 11.6 Å². The van der Waals surface area contributed by atoms with Crippen LogP contribution in [0.5, 0.6) is 0 Å². The van der Waals surface area contributed by atoms with E-state index in [1.165, 1.54) is 22.4 Å². The van der Waals surface area contributed by atoms with Crippen LogP contribution in [0.15, 0.2) is 35.1 Å². The van der Waals surface area contributed by atoms with Crippen LogP contribution in [0.3, 0.4) is 0 Å². The van der Waals surface area contributed by atoms with Crippen molar-refractivity contribution in [2.24, 2.45) is 0 Å². The first-order chi connectivity index (χ1) is 9.60. The maximum absolute atomic E-state index is 8.84. The van der Waals surface area contributed by atoms with Gasteiger partial charge in [-0.1, -0.05) is 22.0 Å². The molecule has 2 aromatic rings. The van der Waals surface area contributed by atoms with E-state index in [-0.39, 0.29) is 0 Å². The average Bonchev–Trinajstić information content (AvgIpc) is 2.47. The maximum atomic E-state index is 8.84. The molecule has 0 unspecified atom stereocenters. The Morgan fingerprint density at radius 3 is 2.90 bits per heavy atom. The summed E-state index contributed by atoms with van der Waals surface area (Å²) in [4.78, 5) is 9.58. The molecule has 0 saturated carbocycles. The Bertz CT molecular complexity index is 650. The van der Waals surface area contributed by atoms with Gasteiger partial charge in [-0.2, -0.15) is 5.26 Å². The van der Waals surface area contributed by atoms with Gasteiger partial charge < -0.3 is 5.32 Å². The van der Waals surface area contributed by atoms with E-state index in [9.17, 15) is 0 Å². The fourth-order valence-electron chi connectivity index (χ4n) is 1.69. The van der Waals surface area contributed by atoms with Crippen molar-refractivity contribution < 1.29 is 0 Å². The summed E-state index contributed by atoms with van der Waals surface area (Å²) in [6.45, 7) is 2.73. The first-order valence-electron chi connectivity index (χ1n) is 6.04. The van der Waals surface area contributed by atoms with Gasteiger partial charge in [0.05, 0.1) is 0 Å². The van der Waals surface area contributed by atoms with Gasteiger partial charge in [-0.05, 0) is 30.2 Å². The van der Waals surface area contributed by atoms with E-state index in [4.69, 9.17) is 5.26 Å². The Kier molecular flexibility index (Phi) is 4.53. The SMILES string of the molecule is Cc1ccc(Br)cc1CNc1cc(N(C)C#N)ncn1. The second-order valence-corrected chi connectivity index (χ2v) is 5.26. The lowest BCUT2D eigenvalue weighted by Crippen LogP contribution is -2.11. The average molecular weight is 332 g/mol. The molecular formula is C14H14BrN5. The topological polar surface area (TPSA) is 64.8 Å². The number of rotatable bonds is 4. The second-order valence-electron chi connectivity index (χ2n) is 4.34. The number of nitriles is 1. The number of nitrogens with one attached hydrogen (secondary N) is 1. The molecule has 0 fully saturated rings. The molecule has 0 atom stereocenters. The number of aryl methyl sites for hydroxylation is 1. The van der Waals surface area contributed by atoms with Crippen molar-refractivity contribution in [2.45, 2.75) is 13.5 Å². The van der Waals surface area contributed by atoms with E-state index in [2.05, 4.69) is 50.3 Å². The number of anilines is 2. The van der Waals surface area contributed by atoms with Crippen molar-refractivity contribution >= 4 is 27.6 Å². The van der Waals surface area contributed by atoms with E-state index >= 15 is 0 Å². The van der Waals surface area contributed by atoms with Crippen molar-refractivity contribution in [3.63, 3.8) is 0 Å². The third kappa shape index (κ3) is 3.45. The van der Waals surface area contributed by atoms with Crippen LogP contribution >= 0.6 is 15.9 Å². The Balaban J connectivity index is 2.11. The monoisotopic (exact) mass is 331 g/mol. The highest BCUT2D eigenvalue weighted by molar-refractivity contribution is 9.10. The minimum atomic E-state index is 0.566. The van der Waals surface area contributed by atoms with E-state index in [0.29, 0.717) is 18.2 Å². The first kappa shape index (κ1) is 14.3. The van der Waals surface area contributed by atoms with Gasteiger partial charge in [0.25, 0.3) is 0 Å². The van der Waals surface area contributed by atoms with Crippen LogP contribution in [-0.2, 0) is 6.54 Å². The molecule has 1 heterocycles. The molecule has 1 N–H and O–H groups in total. The molecule has 1 aromatic carbocycles. The molecule has 0 radical (unpaired) electrons. The van der Waals surface area contributed by atoms with E-state index in [1.807, 2.05) is 12.3 Å². The second kappa shape index (κ2) is 6.35. The summed E-state index contributed by atoms with van der Waals surface area (Å²) in [6, 6.07) is 7.90. The summed E-state index contributed by atoms with van der Waals surface area (Å²) in [6.07, 6.45) is 3.45. The lowest BCUT2D eigenvalue weighted by Gasteiger charge is -2.11. The van der Waals surface area contributed by atoms with Gasteiger partial charge in [-0.25, -0.2) is 9.97 Å². The third-order valence-corrected chi connectivity index (χ3v) is 3.41. The fourth-order valence-corrected chi connectivity index (χ4v) is 2.10. The number of nitrogens with zero attached hydrogens (tertiary/aromatic N) is 4. The van der Waals surface area contributed by atoms with Crippen molar-refractivity contribution in [3.8, 4) is 6.19 Å². The number of aromatic nitrogens is 2. The zero-order valence-corrected chi connectivity index (χ0v) is 12.8. The van der Waals surface area contributed by atoms with Gasteiger partial charge >= 0.3 is 0 Å². The standard InChI is InChI=1S/C14H14BrN5/c1-10-3-4-12(15)5-11(10)7-17-13-6-14(19-9-18-13)20(2)8-16/h3-6,9H,7H2,1-2H3,(H,17,18,19). The quantitative estimate of drug-likeness (QED) is 0.688. The molecule has 0 bridgehead atoms. The fraction of sp³-hybridized carbons (Fsp3) is 0.214. The predicted octanol–water partition coefficient (Wildman–Crippen LogP) is 3.08. The van der Waals surface area contributed by atoms with Crippen molar-refractivity contribution in [2.75, 3.05) is 17.3 Å². The van der Waals surface area contributed by atoms with Crippen LogP contribution in [0.2, 0.25) is 0 Å². The van der Waals surface area contributed by atoms with Gasteiger partial charge in [0.15, 0.2) is 6.19 Å². The number of halogens is 1. The third-order valence-electron chi connectivity index (χ3n) is 2.92. The molecular weight excluding hydrogens is 318 g/mol. The van der Waals surface area contributed by atoms with Crippen molar-refractivity contribution in [3.05, 3.63) is 46.2 Å². The summed E-state index contributed by atoms with van der Waals surface area (Å²) in [5.74, 6) is 1.26. The Morgan fingerprint density at radius 2 is 2.15 bits per heavy atom. The maximum Gasteiger partial charge on any atom is 0.185 e. The summed E-state index contributed by atoms with van der Waals surface area (Å²) in [5.41, 5.74) is 2.40. The van der Waals surface area contributed by atoms with E-state index < -0.39 is 0 Å². The summed E-state index contributed by atoms with van der Waals surface area (Å²) in [5, 5.41) is 12.1. The van der Waals surface area contributed by atoms with Gasteiger partial charge in [-0.15, -0.1) is 0 Å². The molecule has 1 aromatic heterocycles. The molecule has 0 aliphatic carbocycles. The molecule has 0 amide bonds. The van der Waals surface area contributed by atoms with Crippen LogP contribution in [0, 0.1) is 18.4 Å². The lowest BCUT2D eigenvalue weighted by atomic mass is 10.1. The van der Waals surface area contributed by atoms with Gasteiger partial charge in [0.2, 0.25) is 0 Å². The largest absolute Gasteiger partial charge is 0.366 e. The number of hydrogen-bond donors (Lipinski definition) is 1. The zero-order valence-electron chi connectivity index (χ0n) is 11.3. The van der Waals surface area contributed by atoms with Crippen LogP contribution < -0.4 is 10.2 Å². The molecule has 102 valence electrons. The predicted molar refractivity (Wildman–Crippen MR) is 82.3 cm³/mol. The van der Waals surface area contributed by atoms with E-state index in [0.717, 1.165) is 4.47 Å². The molecule has 0 spiro atoms. The highest BCUT2D eigenvalue weighted by atomic mass is 79.9. The van der Waals surface area contributed by atoms with Crippen LogP contribution in [0.1, 0.15) is 11.1 Å². The van der Waals surface area contributed by atoms with Gasteiger partial charge in [-0.3, -0.25) is 4.90 Å². The molecule has 0 aliphatic heterocycles. The Hall–Kier alpha value is -2.13. The molecule has 2 rings (SSSR count). The minimum Gasteiger partial charge on any atom is -0.366 e. The van der Waals surface area contributed by atoms with Crippen molar-refractivity contribution in [1.82, 2.24) is 9.97 Å². The Labute approximate surface area is 126 Å². The molecule has 0 aliphatic rings. The summed E-state index contributed by atoms with van der Waals surface area (Å²) in [7, 11) is 1.66. The Morgan fingerprint density at radius 1 is 1.35 bits per heavy atom. The normalized spacial score (nSPS) is 9.90. The van der Waals surface area contributed by atoms with Gasteiger partial charge in [0, 0.05) is 24.1 Å².